The van der Waals surface area contributed by atoms with E-state index in [0.29, 0.717) is 0 Å². The molecule has 1 unspecified atom stereocenters. The summed E-state index contributed by atoms with van der Waals surface area (Å²) >= 11 is 0. The second-order valence-electron chi connectivity index (χ2n) is 3.54. The molecule has 1 aromatic carbocycles. The minimum absolute atomic E-state index is 0.0323. The van der Waals surface area contributed by atoms with Crippen molar-refractivity contribution in [3.05, 3.63) is 34.8 Å². The summed E-state index contributed by atoms with van der Waals surface area (Å²) in [6.45, 7) is 2.18. The van der Waals surface area contributed by atoms with E-state index in [1.165, 1.54) is 12.8 Å². The largest absolute Gasteiger partial charge is 0.476 e. The van der Waals surface area contributed by atoms with Crippen LogP contribution in [-0.4, -0.2) is 6.23 Å². The van der Waals surface area contributed by atoms with Gasteiger partial charge in [0.05, 0.1) is 11.6 Å². The Morgan fingerprint density at radius 1 is 1.36 bits per heavy atom. The van der Waals surface area contributed by atoms with Crippen molar-refractivity contribution in [2.45, 2.75) is 32.4 Å². The third-order valence-corrected chi connectivity index (χ3v) is 2.38. The molecule has 1 atom stereocenters. The van der Waals surface area contributed by atoms with Gasteiger partial charge in [0.2, 0.25) is 0 Å². The maximum absolute atomic E-state index is 5.51. The Morgan fingerprint density at radius 2 is 2.21 bits per heavy atom. The van der Waals surface area contributed by atoms with Crippen LogP contribution in [0.25, 0.3) is 6.26 Å². The zero-order valence-corrected chi connectivity index (χ0v) is 8.44. The van der Waals surface area contributed by atoms with Crippen LogP contribution >= 0.6 is 0 Å². The van der Waals surface area contributed by atoms with Gasteiger partial charge in [-0.3, -0.25) is 0 Å². The van der Waals surface area contributed by atoms with Crippen LogP contribution < -0.4 is 10.6 Å². The number of nitrogens with zero attached hydrogens (tertiary/aromatic N) is 1. The van der Waals surface area contributed by atoms with Crippen molar-refractivity contribution in [2.24, 2.45) is 4.99 Å². The number of para-hydroxylation sites is 1. The topological polar surface area (TPSA) is 21.6 Å². The smallest absolute Gasteiger partial charge is 0.189 e. The second kappa shape index (κ2) is 4.27. The van der Waals surface area contributed by atoms with Crippen LogP contribution in [0, 0.1) is 0 Å². The Hall–Kier alpha value is -1.31. The molecule has 1 heterocycles. The molecule has 0 amide bonds. The number of benzene rings is 1. The van der Waals surface area contributed by atoms with E-state index in [1.54, 1.807) is 0 Å². The Kier molecular flexibility index (Phi) is 2.82. The molecule has 74 valence electrons. The third kappa shape index (κ3) is 1.95. The van der Waals surface area contributed by atoms with Crippen molar-refractivity contribution in [3.8, 4) is 0 Å². The van der Waals surface area contributed by atoms with E-state index in [9.17, 15) is 0 Å². The highest BCUT2D eigenvalue weighted by molar-refractivity contribution is 5.18. The van der Waals surface area contributed by atoms with E-state index in [0.717, 1.165) is 17.0 Å². The van der Waals surface area contributed by atoms with Crippen LogP contribution in [0.15, 0.2) is 29.3 Å². The number of rotatable bonds is 3. The van der Waals surface area contributed by atoms with Gasteiger partial charge in [-0.25, -0.2) is 4.99 Å². The molecule has 2 rings (SSSR count). The Bertz CT molecular complexity index is 411. The van der Waals surface area contributed by atoms with E-state index >= 15 is 0 Å². The molecule has 0 fully saturated rings. The molecular formula is C12H15NO. The van der Waals surface area contributed by atoms with Gasteiger partial charge < -0.3 is 4.74 Å². The fourth-order valence-corrected chi connectivity index (χ4v) is 1.55. The maximum atomic E-state index is 5.51. The lowest BCUT2D eigenvalue weighted by molar-refractivity contribution is 0.165. The number of hydrogen-bond donors (Lipinski definition) is 0. The SMILES string of the molecule is CCCCC1N=c2ccccc2=CO1. The Balaban J connectivity index is 2.21. The highest BCUT2D eigenvalue weighted by atomic mass is 16.5. The summed E-state index contributed by atoms with van der Waals surface area (Å²) in [5.74, 6) is 0. The van der Waals surface area contributed by atoms with Gasteiger partial charge in [-0.15, -0.1) is 0 Å². The molecule has 14 heavy (non-hydrogen) atoms. The molecule has 1 aliphatic heterocycles. The normalized spacial score (nSPS) is 18.8. The first-order valence-corrected chi connectivity index (χ1v) is 5.18. The van der Waals surface area contributed by atoms with Gasteiger partial charge in [0.15, 0.2) is 6.23 Å². The molecule has 0 bridgehead atoms. The average molecular weight is 189 g/mol. The molecule has 0 spiro atoms. The molecular weight excluding hydrogens is 174 g/mol. The molecule has 0 aliphatic carbocycles. The fraction of sp³-hybridized carbons (Fsp3) is 0.417. The van der Waals surface area contributed by atoms with Gasteiger partial charge in [-0.2, -0.15) is 0 Å². The summed E-state index contributed by atoms with van der Waals surface area (Å²) in [7, 11) is 0. The monoisotopic (exact) mass is 189 g/mol. The molecule has 0 aromatic heterocycles. The van der Waals surface area contributed by atoms with Crippen molar-refractivity contribution in [1.29, 1.82) is 0 Å². The molecule has 0 N–H and O–H groups in total. The lowest BCUT2D eigenvalue weighted by Crippen LogP contribution is -2.31. The molecule has 0 saturated carbocycles. The standard InChI is InChI=1S/C12H15NO/c1-2-3-8-12-13-11-7-5-4-6-10(11)9-14-12/h4-7,9,12H,2-3,8H2,1H3. The van der Waals surface area contributed by atoms with Gasteiger partial charge >= 0.3 is 0 Å². The quantitative estimate of drug-likeness (QED) is 0.707. The van der Waals surface area contributed by atoms with E-state index in [1.807, 2.05) is 30.5 Å². The molecule has 1 aromatic rings. The van der Waals surface area contributed by atoms with Gasteiger partial charge in [0, 0.05) is 11.6 Å². The summed E-state index contributed by atoms with van der Waals surface area (Å²) in [5.41, 5.74) is 0. The van der Waals surface area contributed by atoms with Crippen LogP contribution in [0.1, 0.15) is 26.2 Å². The highest BCUT2D eigenvalue weighted by Crippen LogP contribution is 2.06. The van der Waals surface area contributed by atoms with Crippen molar-refractivity contribution >= 4 is 6.26 Å². The van der Waals surface area contributed by atoms with Crippen molar-refractivity contribution in [2.75, 3.05) is 0 Å². The van der Waals surface area contributed by atoms with Gasteiger partial charge in [0.1, 0.15) is 0 Å². The van der Waals surface area contributed by atoms with Crippen molar-refractivity contribution in [1.82, 2.24) is 0 Å². The van der Waals surface area contributed by atoms with Gasteiger partial charge in [0.25, 0.3) is 0 Å². The van der Waals surface area contributed by atoms with Crippen LogP contribution in [0.5, 0.6) is 0 Å². The van der Waals surface area contributed by atoms with E-state index in [-0.39, 0.29) is 6.23 Å². The average Bonchev–Trinajstić information content (AvgIpc) is 2.26. The lowest BCUT2D eigenvalue weighted by Gasteiger charge is -2.14. The summed E-state index contributed by atoms with van der Waals surface area (Å²) in [6, 6.07) is 8.07. The zero-order chi connectivity index (χ0) is 9.80. The van der Waals surface area contributed by atoms with Crippen molar-refractivity contribution in [3.63, 3.8) is 0 Å². The van der Waals surface area contributed by atoms with Gasteiger partial charge in [-0.05, 0) is 18.6 Å². The third-order valence-electron chi connectivity index (χ3n) is 2.38. The molecule has 0 radical (unpaired) electrons. The maximum Gasteiger partial charge on any atom is 0.189 e. The molecule has 1 aliphatic rings. The number of ether oxygens (including phenoxy) is 1. The van der Waals surface area contributed by atoms with Gasteiger partial charge in [-0.1, -0.05) is 25.5 Å². The van der Waals surface area contributed by atoms with E-state index < -0.39 is 0 Å². The summed E-state index contributed by atoms with van der Waals surface area (Å²) < 4.78 is 5.51. The summed E-state index contributed by atoms with van der Waals surface area (Å²) in [6.07, 6.45) is 5.23. The molecule has 2 nitrogen and oxygen atoms in total. The first kappa shape index (κ1) is 9.25. The van der Waals surface area contributed by atoms with E-state index in [4.69, 9.17) is 4.74 Å². The first-order chi connectivity index (χ1) is 6.90. The number of fused-ring (bicyclic) bond motifs is 1. The first-order valence-electron chi connectivity index (χ1n) is 5.18. The second-order valence-corrected chi connectivity index (χ2v) is 3.54. The minimum atomic E-state index is 0.0323. The predicted octanol–water partition coefficient (Wildman–Crippen LogP) is 1.59. The van der Waals surface area contributed by atoms with Crippen LogP contribution in [0.3, 0.4) is 0 Å². The van der Waals surface area contributed by atoms with Crippen LogP contribution in [0.4, 0.5) is 0 Å². The minimum Gasteiger partial charge on any atom is -0.476 e. The number of hydrogen-bond acceptors (Lipinski definition) is 2. The highest BCUT2D eigenvalue weighted by Gasteiger charge is 2.07. The summed E-state index contributed by atoms with van der Waals surface area (Å²) in [4.78, 5) is 4.53. The predicted molar refractivity (Wildman–Crippen MR) is 56.1 cm³/mol. The summed E-state index contributed by atoms with van der Waals surface area (Å²) in [5, 5.41) is 2.14. The van der Waals surface area contributed by atoms with E-state index in [2.05, 4.69) is 11.9 Å². The Morgan fingerprint density at radius 3 is 3.07 bits per heavy atom. The zero-order valence-electron chi connectivity index (χ0n) is 8.44. The Labute approximate surface area is 83.9 Å². The lowest BCUT2D eigenvalue weighted by atomic mass is 10.2. The molecule has 0 saturated heterocycles. The number of unbranched alkanes of at least 4 members (excludes halogenated alkanes) is 1. The molecule has 2 heteroatoms. The van der Waals surface area contributed by atoms with Crippen LogP contribution in [-0.2, 0) is 4.74 Å². The van der Waals surface area contributed by atoms with Crippen molar-refractivity contribution < 1.29 is 4.74 Å². The fourth-order valence-electron chi connectivity index (χ4n) is 1.55. The van der Waals surface area contributed by atoms with Crippen LogP contribution in [0.2, 0.25) is 0 Å².